The Morgan fingerprint density at radius 2 is 1.93 bits per heavy atom. The third kappa shape index (κ3) is 3.53. The molecule has 0 amide bonds. The van der Waals surface area contributed by atoms with Crippen LogP contribution < -0.4 is 0 Å². The molecule has 3 heteroatoms. The highest BCUT2D eigenvalue weighted by molar-refractivity contribution is 5.25. The topological polar surface area (TPSA) is 21.7 Å². The van der Waals surface area contributed by atoms with Crippen LogP contribution in [-0.2, 0) is 9.47 Å². The molecule has 0 radical (unpaired) electrons. The van der Waals surface area contributed by atoms with Crippen LogP contribution in [0, 0.1) is 23.2 Å². The first kappa shape index (κ1) is 19.9. The van der Waals surface area contributed by atoms with Gasteiger partial charge in [0.15, 0.2) is 0 Å². The molecule has 1 aliphatic heterocycles. The molecule has 6 atom stereocenters. The maximum absolute atomic E-state index is 6.33. The normalized spacial score (nSPS) is 43.8. The second kappa shape index (κ2) is 7.80. The molecule has 154 valence electrons. The fraction of sp³-hybridized carbons (Fsp3) is 0.917. The van der Waals surface area contributed by atoms with E-state index in [2.05, 4.69) is 38.7 Å². The lowest BCUT2D eigenvalue weighted by Crippen LogP contribution is -2.52. The molecule has 0 unspecified atom stereocenters. The molecular weight excluding hydrogens is 334 g/mol. The van der Waals surface area contributed by atoms with Crippen LogP contribution in [-0.4, -0.2) is 49.5 Å². The number of allylic oxidation sites excluding steroid dienone is 1. The zero-order chi connectivity index (χ0) is 19.1. The molecule has 4 rings (SSSR count). The molecule has 0 N–H and O–H groups in total. The standard InChI is InChI=1S/C24H41NO2/c1-5-25(6-2)14-16-26-19-9-12-23(3)18(17-19)7-8-20-21(23)10-13-24(4)22(20)11-15-27-24/h7,19-22H,5-6,8-17H2,1-4H3/t19-,20+,21-,22-,23-,24-/m0/s1. The molecule has 0 aromatic carbocycles. The van der Waals surface area contributed by atoms with Gasteiger partial charge in [-0.3, -0.25) is 0 Å². The quantitative estimate of drug-likeness (QED) is 0.606. The van der Waals surface area contributed by atoms with Crippen LogP contribution in [0.2, 0.25) is 0 Å². The van der Waals surface area contributed by atoms with E-state index in [9.17, 15) is 0 Å². The van der Waals surface area contributed by atoms with E-state index in [1.807, 2.05) is 0 Å². The first-order valence-electron chi connectivity index (χ1n) is 11.7. The van der Waals surface area contributed by atoms with Crippen molar-refractivity contribution in [3.63, 3.8) is 0 Å². The highest BCUT2D eigenvalue weighted by atomic mass is 16.5. The largest absolute Gasteiger partial charge is 0.377 e. The van der Waals surface area contributed by atoms with E-state index in [-0.39, 0.29) is 5.60 Å². The first-order valence-corrected chi connectivity index (χ1v) is 11.7. The third-order valence-electron chi connectivity index (χ3n) is 8.91. The summed E-state index contributed by atoms with van der Waals surface area (Å²) in [5.41, 5.74) is 2.32. The number of fused-ring (bicyclic) bond motifs is 5. The lowest BCUT2D eigenvalue weighted by Gasteiger charge is -2.56. The Bertz CT molecular complexity index is 557. The van der Waals surface area contributed by atoms with Gasteiger partial charge >= 0.3 is 0 Å². The fourth-order valence-electron chi connectivity index (χ4n) is 7.06. The zero-order valence-corrected chi connectivity index (χ0v) is 18.1. The summed E-state index contributed by atoms with van der Waals surface area (Å²) in [6.45, 7) is 14.7. The Morgan fingerprint density at radius 3 is 2.70 bits per heavy atom. The van der Waals surface area contributed by atoms with Crippen LogP contribution in [0.5, 0.6) is 0 Å². The van der Waals surface area contributed by atoms with Crippen LogP contribution in [0.4, 0.5) is 0 Å². The van der Waals surface area contributed by atoms with Crippen molar-refractivity contribution in [2.45, 2.75) is 84.3 Å². The van der Waals surface area contributed by atoms with Gasteiger partial charge in [-0.2, -0.15) is 0 Å². The minimum atomic E-state index is 0.174. The molecular formula is C24H41NO2. The Hall–Kier alpha value is -0.380. The molecule has 0 aromatic rings. The lowest BCUT2D eigenvalue weighted by molar-refractivity contribution is -0.0946. The Balaban J connectivity index is 1.40. The number of hydrogen-bond donors (Lipinski definition) is 0. The van der Waals surface area contributed by atoms with Gasteiger partial charge in [0.2, 0.25) is 0 Å². The highest BCUT2D eigenvalue weighted by Crippen LogP contribution is 2.61. The summed E-state index contributed by atoms with van der Waals surface area (Å²) in [6, 6.07) is 0. The summed E-state index contributed by atoms with van der Waals surface area (Å²) in [4.78, 5) is 2.46. The Morgan fingerprint density at radius 1 is 1.11 bits per heavy atom. The van der Waals surface area contributed by atoms with E-state index < -0.39 is 0 Å². The Labute approximate surface area is 166 Å². The minimum absolute atomic E-state index is 0.174. The predicted octanol–water partition coefficient (Wildman–Crippen LogP) is 5.06. The highest BCUT2D eigenvalue weighted by Gasteiger charge is 2.56. The molecule has 3 aliphatic carbocycles. The van der Waals surface area contributed by atoms with Gasteiger partial charge in [0.25, 0.3) is 0 Å². The van der Waals surface area contributed by atoms with Crippen molar-refractivity contribution in [2.24, 2.45) is 23.2 Å². The molecule has 2 saturated carbocycles. The van der Waals surface area contributed by atoms with Crippen molar-refractivity contribution in [3.05, 3.63) is 11.6 Å². The lowest BCUT2D eigenvalue weighted by atomic mass is 9.49. The van der Waals surface area contributed by atoms with Crippen molar-refractivity contribution in [1.29, 1.82) is 0 Å². The van der Waals surface area contributed by atoms with Crippen molar-refractivity contribution in [1.82, 2.24) is 4.90 Å². The molecule has 1 heterocycles. The van der Waals surface area contributed by atoms with Crippen LogP contribution in [0.15, 0.2) is 11.6 Å². The maximum Gasteiger partial charge on any atom is 0.0686 e. The number of likely N-dealkylation sites (N-methyl/N-ethyl adjacent to an activating group) is 1. The first-order chi connectivity index (χ1) is 13.0. The smallest absolute Gasteiger partial charge is 0.0686 e. The van der Waals surface area contributed by atoms with Gasteiger partial charge in [-0.1, -0.05) is 32.4 Å². The van der Waals surface area contributed by atoms with Gasteiger partial charge in [0.1, 0.15) is 0 Å². The summed E-state index contributed by atoms with van der Waals surface area (Å²) in [6.07, 6.45) is 12.0. The van der Waals surface area contributed by atoms with E-state index in [1.165, 1.54) is 44.9 Å². The van der Waals surface area contributed by atoms with Crippen LogP contribution in [0.25, 0.3) is 0 Å². The van der Waals surface area contributed by atoms with Crippen LogP contribution in [0.1, 0.15) is 72.6 Å². The van der Waals surface area contributed by atoms with Crippen molar-refractivity contribution in [3.8, 4) is 0 Å². The van der Waals surface area contributed by atoms with Crippen molar-refractivity contribution < 1.29 is 9.47 Å². The van der Waals surface area contributed by atoms with E-state index in [0.29, 0.717) is 11.5 Å². The van der Waals surface area contributed by atoms with Crippen molar-refractivity contribution in [2.75, 3.05) is 32.8 Å². The number of ether oxygens (including phenoxy) is 2. The zero-order valence-electron chi connectivity index (χ0n) is 18.1. The number of hydrogen-bond acceptors (Lipinski definition) is 3. The molecule has 3 nitrogen and oxygen atoms in total. The fourth-order valence-corrected chi connectivity index (χ4v) is 7.06. The molecule has 27 heavy (non-hydrogen) atoms. The van der Waals surface area contributed by atoms with E-state index in [0.717, 1.165) is 50.6 Å². The molecule has 0 spiro atoms. The van der Waals surface area contributed by atoms with Crippen LogP contribution in [0.3, 0.4) is 0 Å². The summed E-state index contributed by atoms with van der Waals surface area (Å²) >= 11 is 0. The SMILES string of the molecule is CCN(CC)CCO[C@H]1CC[C@@]2(C)C(=CC[C@@H]3[C@@H]2CC[C@]2(C)OCC[C@@H]32)C1. The van der Waals surface area contributed by atoms with Gasteiger partial charge in [0.05, 0.1) is 18.3 Å². The predicted molar refractivity (Wildman–Crippen MR) is 111 cm³/mol. The van der Waals surface area contributed by atoms with Gasteiger partial charge in [-0.05, 0) is 88.1 Å². The van der Waals surface area contributed by atoms with E-state index in [4.69, 9.17) is 9.47 Å². The summed E-state index contributed by atoms with van der Waals surface area (Å²) in [7, 11) is 0. The third-order valence-corrected chi connectivity index (χ3v) is 8.91. The maximum atomic E-state index is 6.33. The Kier molecular flexibility index (Phi) is 5.75. The molecule has 4 aliphatic rings. The summed E-state index contributed by atoms with van der Waals surface area (Å²) < 4.78 is 12.5. The molecule has 1 saturated heterocycles. The summed E-state index contributed by atoms with van der Waals surface area (Å²) in [5, 5.41) is 0. The molecule has 0 bridgehead atoms. The number of rotatable bonds is 6. The summed E-state index contributed by atoms with van der Waals surface area (Å²) in [5.74, 6) is 2.50. The van der Waals surface area contributed by atoms with Gasteiger partial charge in [-0.25, -0.2) is 0 Å². The van der Waals surface area contributed by atoms with Gasteiger partial charge < -0.3 is 14.4 Å². The molecule has 0 aromatic heterocycles. The van der Waals surface area contributed by atoms with Crippen molar-refractivity contribution >= 4 is 0 Å². The monoisotopic (exact) mass is 375 g/mol. The molecule has 3 fully saturated rings. The second-order valence-corrected chi connectivity index (χ2v) is 10.0. The second-order valence-electron chi connectivity index (χ2n) is 10.0. The van der Waals surface area contributed by atoms with Gasteiger partial charge in [0, 0.05) is 13.2 Å². The average molecular weight is 376 g/mol. The minimum Gasteiger partial charge on any atom is -0.377 e. The van der Waals surface area contributed by atoms with Gasteiger partial charge in [-0.15, -0.1) is 0 Å². The number of nitrogens with zero attached hydrogens (tertiary/aromatic N) is 1. The van der Waals surface area contributed by atoms with Crippen LogP contribution >= 0.6 is 0 Å². The average Bonchev–Trinajstić information content (AvgIpc) is 3.07. The van der Waals surface area contributed by atoms with E-state index >= 15 is 0 Å². The van der Waals surface area contributed by atoms with E-state index in [1.54, 1.807) is 5.57 Å².